The van der Waals surface area contributed by atoms with Gasteiger partial charge >= 0.3 is 0 Å². The zero-order valence-corrected chi connectivity index (χ0v) is 14.0. The Labute approximate surface area is 130 Å². The summed E-state index contributed by atoms with van der Waals surface area (Å²) in [5.74, 6) is 2.66. The van der Waals surface area contributed by atoms with E-state index in [9.17, 15) is 0 Å². The second-order valence-electron chi connectivity index (χ2n) is 6.74. The first-order chi connectivity index (χ1) is 10.3. The molecule has 21 heavy (non-hydrogen) atoms. The van der Waals surface area contributed by atoms with Gasteiger partial charge in [-0.15, -0.1) is 0 Å². The van der Waals surface area contributed by atoms with Gasteiger partial charge in [-0.25, -0.2) is 9.97 Å². The minimum atomic E-state index is 0.617. The first kappa shape index (κ1) is 16.5. The van der Waals surface area contributed by atoms with Gasteiger partial charge in [-0.05, 0) is 50.0 Å². The van der Waals surface area contributed by atoms with E-state index in [1.807, 2.05) is 0 Å². The molecule has 0 unspecified atom stereocenters. The molecule has 0 aliphatic heterocycles. The summed E-state index contributed by atoms with van der Waals surface area (Å²) in [4.78, 5) is 9.31. The molecular formula is C19H32N2. The Morgan fingerprint density at radius 2 is 1.57 bits per heavy atom. The first-order valence-corrected chi connectivity index (χ1v) is 9.14. The molecule has 0 atom stereocenters. The molecule has 2 heteroatoms. The minimum Gasteiger partial charge on any atom is -0.241 e. The molecule has 1 aliphatic rings. The van der Waals surface area contributed by atoms with E-state index >= 15 is 0 Å². The van der Waals surface area contributed by atoms with E-state index in [2.05, 4.69) is 36.2 Å². The van der Waals surface area contributed by atoms with Gasteiger partial charge in [0.15, 0.2) is 0 Å². The van der Waals surface area contributed by atoms with Crippen LogP contribution in [0.2, 0.25) is 0 Å². The molecule has 0 spiro atoms. The minimum absolute atomic E-state index is 0.617. The number of rotatable bonds is 8. The fraction of sp³-hybridized carbons (Fsp3) is 0.789. The van der Waals surface area contributed by atoms with Crippen LogP contribution >= 0.6 is 0 Å². The quantitative estimate of drug-likeness (QED) is 0.576. The summed E-state index contributed by atoms with van der Waals surface area (Å²) in [5, 5.41) is 0. The summed E-state index contributed by atoms with van der Waals surface area (Å²) in [7, 11) is 0. The molecule has 1 aromatic heterocycles. The van der Waals surface area contributed by atoms with Crippen LogP contribution in [0, 0.1) is 5.92 Å². The van der Waals surface area contributed by atoms with Gasteiger partial charge in [0.25, 0.3) is 0 Å². The zero-order valence-electron chi connectivity index (χ0n) is 14.0. The van der Waals surface area contributed by atoms with E-state index in [-0.39, 0.29) is 0 Å². The third kappa shape index (κ3) is 5.41. The van der Waals surface area contributed by atoms with Gasteiger partial charge < -0.3 is 0 Å². The molecule has 0 aromatic carbocycles. The van der Waals surface area contributed by atoms with E-state index < -0.39 is 0 Å². The van der Waals surface area contributed by atoms with Crippen molar-refractivity contribution in [2.45, 2.75) is 90.4 Å². The third-order valence-electron chi connectivity index (χ3n) is 5.08. The fourth-order valence-electron chi connectivity index (χ4n) is 3.47. The monoisotopic (exact) mass is 288 g/mol. The molecule has 1 saturated carbocycles. The highest BCUT2D eigenvalue weighted by molar-refractivity contribution is 5.08. The summed E-state index contributed by atoms with van der Waals surface area (Å²) in [6.07, 6.45) is 18.6. The number of hydrogen-bond donors (Lipinski definition) is 0. The molecule has 0 saturated heterocycles. The molecule has 0 amide bonds. The van der Waals surface area contributed by atoms with Crippen LogP contribution in [0.3, 0.4) is 0 Å². The highest BCUT2D eigenvalue weighted by Gasteiger charge is 2.22. The lowest BCUT2D eigenvalue weighted by atomic mass is 9.80. The van der Waals surface area contributed by atoms with Gasteiger partial charge in [0, 0.05) is 18.3 Å². The Balaban J connectivity index is 1.74. The van der Waals surface area contributed by atoms with Crippen molar-refractivity contribution in [3.05, 3.63) is 23.8 Å². The van der Waals surface area contributed by atoms with Crippen molar-refractivity contribution < 1.29 is 0 Å². The van der Waals surface area contributed by atoms with Gasteiger partial charge in [0.1, 0.15) is 5.82 Å². The van der Waals surface area contributed by atoms with Crippen LogP contribution in [0.25, 0.3) is 0 Å². The highest BCUT2D eigenvalue weighted by atomic mass is 14.9. The van der Waals surface area contributed by atoms with Crippen molar-refractivity contribution in [3.8, 4) is 0 Å². The van der Waals surface area contributed by atoms with E-state index in [1.165, 1.54) is 69.8 Å². The highest BCUT2D eigenvalue weighted by Crippen LogP contribution is 2.35. The van der Waals surface area contributed by atoms with Gasteiger partial charge in [-0.1, -0.05) is 46.0 Å². The lowest BCUT2D eigenvalue weighted by Gasteiger charge is -2.26. The molecule has 0 bridgehead atoms. The molecule has 2 nitrogen and oxygen atoms in total. The summed E-state index contributed by atoms with van der Waals surface area (Å²) in [6, 6.07) is 0. The van der Waals surface area contributed by atoms with Crippen LogP contribution in [-0.4, -0.2) is 9.97 Å². The number of unbranched alkanes of at least 4 members (excludes halogenated alkanes) is 4. The molecule has 0 radical (unpaired) electrons. The molecule has 1 aromatic rings. The largest absolute Gasteiger partial charge is 0.241 e. The molecular weight excluding hydrogens is 256 g/mol. The molecule has 1 fully saturated rings. The lowest BCUT2D eigenvalue weighted by Crippen LogP contribution is -2.14. The standard InChI is InChI=1S/C19H32N2/c1-3-5-6-7-8-9-17-14-20-19(21-15-17)18-12-10-16(4-2)11-13-18/h14-16,18H,3-13H2,1-2H3/t16-,18-. The van der Waals surface area contributed by atoms with Crippen molar-refractivity contribution in [2.75, 3.05) is 0 Å². The molecule has 1 aliphatic carbocycles. The van der Waals surface area contributed by atoms with E-state index in [0.29, 0.717) is 5.92 Å². The molecule has 1 heterocycles. The number of nitrogens with zero attached hydrogens (tertiary/aromatic N) is 2. The van der Waals surface area contributed by atoms with Gasteiger partial charge in [0.2, 0.25) is 0 Å². The summed E-state index contributed by atoms with van der Waals surface area (Å²) in [5.41, 5.74) is 1.32. The fourth-order valence-corrected chi connectivity index (χ4v) is 3.47. The first-order valence-electron chi connectivity index (χ1n) is 9.14. The maximum atomic E-state index is 4.66. The number of aromatic nitrogens is 2. The number of aryl methyl sites for hydroxylation is 1. The summed E-state index contributed by atoms with van der Waals surface area (Å²) >= 11 is 0. The smallest absolute Gasteiger partial charge is 0.131 e. The molecule has 118 valence electrons. The maximum absolute atomic E-state index is 4.66. The Morgan fingerprint density at radius 1 is 0.905 bits per heavy atom. The maximum Gasteiger partial charge on any atom is 0.131 e. The van der Waals surface area contributed by atoms with Crippen molar-refractivity contribution in [1.29, 1.82) is 0 Å². The predicted octanol–water partition coefficient (Wildman–Crippen LogP) is 5.67. The van der Waals surface area contributed by atoms with Crippen molar-refractivity contribution in [3.63, 3.8) is 0 Å². The van der Waals surface area contributed by atoms with Crippen molar-refractivity contribution in [2.24, 2.45) is 5.92 Å². The van der Waals surface area contributed by atoms with Gasteiger partial charge in [-0.3, -0.25) is 0 Å². The SMILES string of the molecule is CCCCCCCc1cnc([C@H]2CC[C@H](CC)CC2)nc1. The average Bonchev–Trinajstić information content (AvgIpc) is 2.55. The predicted molar refractivity (Wildman–Crippen MR) is 89.5 cm³/mol. The van der Waals surface area contributed by atoms with Crippen LogP contribution in [0.1, 0.15) is 95.4 Å². The average molecular weight is 288 g/mol. The van der Waals surface area contributed by atoms with E-state index in [0.717, 1.165) is 18.2 Å². The Bertz CT molecular complexity index is 377. The van der Waals surface area contributed by atoms with Gasteiger partial charge in [-0.2, -0.15) is 0 Å². The Hall–Kier alpha value is -0.920. The van der Waals surface area contributed by atoms with Crippen LogP contribution in [0.4, 0.5) is 0 Å². The van der Waals surface area contributed by atoms with Crippen LogP contribution in [0.5, 0.6) is 0 Å². The van der Waals surface area contributed by atoms with Gasteiger partial charge in [0.05, 0.1) is 0 Å². The van der Waals surface area contributed by atoms with Crippen LogP contribution < -0.4 is 0 Å². The Kier molecular flexibility index (Phi) is 7.18. The van der Waals surface area contributed by atoms with E-state index in [1.54, 1.807) is 0 Å². The third-order valence-corrected chi connectivity index (χ3v) is 5.08. The summed E-state index contributed by atoms with van der Waals surface area (Å²) < 4.78 is 0. The lowest BCUT2D eigenvalue weighted by molar-refractivity contribution is 0.312. The second kappa shape index (κ2) is 9.17. The van der Waals surface area contributed by atoms with Crippen LogP contribution in [0.15, 0.2) is 12.4 Å². The van der Waals surface area contributed by atoms with E-state index in [4.69, 9.17) is 0 Å². The van der Waals surface area contributed by atoms with Crippen LogP contribution in [-0.2, 0) is 6.42 Å². The summed E-state index contributed by atoms with van der Waals surface area (Å²) in [6.45, 7) is 4.58. The Morgan fingerprint density at radius 3 is 2.19 bits per heavy atom. The number of hydrogen-bond acceptors (Lipinski definition) is 2. The van der Waals surface area contributed by atoms with Crippen molar-refractivity contribution in [1.82, 2.24) is 9.97 Å². The molecule has 2 rings (SSSR count). The zero-order chi connectivity index (χ0) is 14.9. The second-order valence-corrected chi connectivity index (χ2v) is 6.74. The normalized spacial score (nSPS) is 22.4. The van der Waals surface area contributed by atoms with Crippen molar-refractivity contribution >= 4 is 0 Å². The topological polar surface area (TPSA) is 25.8 Å². The molecule has 0 N–H and O–H groups in total.